The molecule has 31 heavy (non-hydrogen) atoms. The molecule has 0 aromatic carbocycles. The second-order valence-electron chi connectivity index (χ2n) is 9.59. The number of pyridine rings is 2. The Morgan fingerprint density at radius 1 is 1.00 bits per heavy atom. The molecule has 0 atom stereocenters. The van der Waals surface area contributed by atoms with Crippen LogP contribution in [0.25, 0.3) is 23.0 Å². The summed E-state index contributed by atoms with van der Waals surface area (Å²) in [5.74, 6) is 1.97. The van der Waals surface area contributed by atoms with Crippen molar-refractivity contribution in [3.8, 4) is 23.0 Å². The van der Waals surface area contributed by atoms with E-state index in [-0.39, 0.29) is 12.0 Å². The first-order chi connectivity index (χ1) is 15.0. The Morgan fingerprint density at radius 3 is 2.35 bits per heavy atom. The normalized spacial score (nSPS) is 16.8. The molecule has 1 saturated heterocycles. The zero-order chi connectivity index (χ0) is 21.4. The lowest BCUT2D eigenvalue weighted by Crippen LogP contribution is -2.25. The Morgan fingerprint density at radius 2 is 1.74 bits per heavy atom. The summed E-state index contributed by atoms with van der Waals surface area (Å²) in [5.41, 5.74) is 3.68. The third-order valence-electron chi connectivity index (χ3n) is 6.19. The van der Waals surface area contributed by atoms with Gasteiger partial charge >= 0.3 is 0 Å². The van der Waals surface area contributed by atoms with Crippen molar-refractivity contribution in [2.45, 2.75) is 52.0 Å². The Kier molecular flexibility index (Phi) is 5.22. The van der Waals surface area contributed by atoms with E-state index in [0.29, 0.717) is 24.1 Å². The highest BCUT2D eigenvalue weighted by molar-refractivity contribution is 5.59. The zero-order valence-electron chi connectivity index (χ0n) is 18.3. The maximum absolute atomic E-state index is 9.79. The molecule has 162 valence electrons. The van der Waals surface area contributed by atoms with E-state index in [0.717, 1.165) is 30.2 Å². The molecule has 7 heteroatoms. The number of aliphatic hydroxyl groups excluding tert-OH is 1. The number of hydrogen-bond donors (Lipinski definition) is 1. The number of aromatic nitrogens is 5. The number of anilines is 1. The van der Waals surface area contributed by atoms with Crippen LogP contribution in [0.5, 0.6) is 0 Å². The third kappa shape index (κ3) is 4.32. The molecule has 2 fully saturated rings. The highest BCUT2D eigenvalue weighted by atomic mass is 16.3. The summed E-state index contributed by atoms with van der Waals surface area (Å²) in [5, 5.41) is 14.6. The molecule has 4 heterocycles. The average Bonchev–Trinajstić information content (AvgIpc) is 3.33. The van der Waals surface area contributed by atoms with E-state index in [1.54, 1.807) is 0 Å². The molecule has 0 radical (unpaired) electrons. The van der Waals surface area contributed by atoms with Crippen molar-refractivity contribution in [1.82, 2.24) is 24.7 Å². The minimum atomic E-state index is -0.319. The van der Waals surface area contributed by atoms with Gasteiger partial charge in [-0.1, -0.05) is 19.9 Å². The highest BCUT2D eigenvalue weighted by Crippen LogP contribution is 2.40. The van der Waals surface area contributed by atoms with Gasteiger partial charge in [-0.05, 0) is 55.4 Å². The van der Waals surface area contributed by atoms with Crippen LogP contribution in [0.4, 0.5) is 5.69 Å². The molecule has 1 aliphatic carbocycles. The van der Waals surface area contributed by atoms with Gasteiger partial charge in [0.15, 0.2) is 11.6 Å². The van der Waals surface area contributed by atoms with Gasteiger partial charge < -0.3 is 10.0 Å². The van der Waals surface area contributed by atoms with Crippen LogP contribution in [-0.4, -0.2) is 49.5 Å². The zero-order valence-corrected chi connectivity index (χ0v) is 18.3. The van der Waals surface area contributed by atoms with Crippen molar-refractivity contribution in [3.63, 3.8) is 0 Å². The maximum Gasteiger partial charge on any atom is 0.200 e. The van der Waals surface area contributed by atoms with Crippen molar-refractivity contribution in [2.24, 2.45) is 5.41 Å². The van der Waals surface area contributed by atoms with Gasteiger partial charge in [0.05, 0.1) is 18.4 Å². The number of nitrogens with zero attached hydrogens (tertiary/aromatic N) is 6. The van der Waals surface area contributed by atoms with E-state index in [4.69, 9.17) is 10.1 Å². The van der Waals surface area contributed by atoms with E-state index in [1.165, 1.54) is 31.2 Å². The first-order valence-electron chi connectivity index (χ1n) is 11.3. The van der Waals surface area contributed by atoms with E-state index < -0.39 is 0 Å². The highest BCUT2D eigenvalue weighted by Gasteiger charge is 2.26. The topological polar surface area (TPSA) is 80.0 Å². The first-order valence-corrected chi connectivity index (χ1v) is 11.3. The molecule has 3 aromatic rings. The molecule has 1 aliphatic heterocycles. The van der Waals surface area contributed by atoms with Crippen LogP contribution in [0, 0.1) is 5.41 Å². The molecule has 1 saturated carbocycles. The molecule has 5 rings (SSSR count). The van der Waals surface area contributed by atoms with Gasteiger partial charge in [-0.25, -0.2) is 9.67 Å². The quantitative estimate of drug-likeness (QED) is 0.627. The molecule has 3 aromatic heterocycles. The average molecular weight is 419 g/mol. The Bertz CT molecular complexity index is 1030. The second-order valence-corrected chi connectivity index (χ2v) is 9.59. The molecule has 2 aliphatic rings. The van der Waals surface area contributed by atoms with Crippen molar-refractivity contribution in [1.29, 1.82) is 0 Å². The second kappa shape index (κ2) is 8.04. The maximum atomic E-state index is 9.79. The fourth-order valence-electron chi connectivity index (χ4n) is 4.08. The lowest BCUT2D eigenvalue weighted by molar-refractivity contribution is 0.137. The van der Waals surface area contributed by atoms with Crippen molar-refractivity contribution in [3.05, 3.63) is 42.2 Å². The summed E-state index contributed by atoms with van der Waals surface area (Å²) in [7, 11) is 0. The van der Waals surface area contributed by atoms with Crippen LogP contribution in [0.3, 0.4) is 0 Å². The number of hydrogen-bond acceptors (Lipinski definition) is 6. The van der Waals surface area contributed by atoms with Gasteiger partial charge in [-0.3, -0.25) is 9.97 Å². The van der Waals surface area contributed by atoms with E-state index in [1.807, 2.05) is 43.1 Å². The summed E-state index contributed by atoms with van der Waals surface area (Å²) in [4.78, 5) is 16.5. The first kappa shape index (κ1) is 20.1. The van der Waals surface area contributed by atoms with Gasteiger partial charge in [0.25, 0.3) is 0 Å². The van der Waals surface area contributed by atoms with E-state index in [9.17, 15) is 5.11 Å². The van der Waals surface area contributed by atoms with Crippen LogP contribution < -0.4 is 4.90 Å². The summed E-state index contributed by atoms with van der Waals surface area (Å²) < 4.78 is 1.86. The SMILES string of the molecule is CC(C)(CO)Cn1nc(-c2ccc(N3CCCC3)cn2)nc1-c1ccc(C2CC2)cn1. The summed E-state index contributed by atoms with van der Waals surface area (Å²) in [6.07, 6.45) is 8.87. The predicted octanol–water partition coefficient (Wildman–Crippen LogP) is 3.90. The standard InChI is InChI=1S/C24H30N6O/c1-24(2,16-31)15-30-23(21-9-7-18(13-25-21)17-5-6-17)27-22(28-30)20-10-8-19(14-26-20)29-11-3-4-12-29/h7-10,13-14,17,31H,3-6,11-12,15-16H2,1-2H3. The predicted molar refractivity (Wildman–Crippen MR) is 121 cm³/mol. The molecular weight excluding hydrogens is 388 g/mol. The summed E-state index contributed by atoms with van der Waals surface area (Å²) >= 11 is 0. The van der Waals surface area contributed by atoms with E-state index >= 15 is 0 Å². The largest absolute Gasteiger partial charge is 0.396 e. The Hall–Kier alpha value is -2.80. The minimum Gasteiger partial charge on any atom is -0.396 e. The molecular formula is C24H30N6O. The number of aliphatic hydroxyl groups is 1. The fourth-order valence-corrected chi connectivity index (χ4v) is 4.08. The molecule has 7 nitrogen and oxygen atoms in total. The van der Waals surface area contributed by atoms with Gasteiger partial charge in [-0.15, -0.1) is 5.10 Å². The van der Waals surface area contributed by atoms with Gasteiger partial charge in [-0.2, -0.15) is 0 Å². The van der Waals surface area contributed by atoms with Crippen LogP contribution >= 0.6 is 0 Å². The van der Waals surface area contributed by atoms with Crippen LogP contribution in [0.2, 0.25) is 0 Å². The summed E-state index contributed by atoms with van der Waals surface area (Å²) in [6.45, 7) is 6.84. The number of rotatable bonds is 7. The third-order valence-corrected chi connectivity index (χ3v) is 6.19. The van der Waals surface area contributed by atoms with Crippen LogP contribution in [-0.2, 0) is 6.54 Å². The molecule has 0 spiro atoms. The molecule has 0 bridgehead atoms. The molecule has 1 N–H and O–H groups in total. The minimum absolute atomic E-state index is 0.0679. The van der Waals surface area contributed by atoms with Gasteiger partial charge in [0, 0.05) is 31.3 Å². The Labute approximate surface area is 183 Å². The smallest absolute Gasteiger partial charge is 0.200 e. The monoisotopic (exact) mass is 418 g/mol. The lowest BCUT2D eigenvalue weighted by atomic mass is 9.95. The van der Waals surface area contributed by atoms with Crippen molar-refractivity contribution in [2.75, 3.05) is 24.6 Å². The molecule has 0 amide bonds. The van der Waals surface area contributed by atoms with E-state index in [2.05, 4.69) is 27.0 Å². The lowest BCUT2D eigenvalue weighted by Gasteiger charge is -2.21. The van der Waals surface area contributed by atoms with Crippen LogP contribution in [0.15, 0.2) is 36.7 Å². The summed E-state index contributed by atoms with van der Waals surface area (Å²) in [6, 6.07) is 8.29. The van der Waals surface area contributed by atoms with Gasteiger partial charge in [0.2, 0.25) is 0 Å². The Balaban J connectivity index is 1.47. The van der Waals surface area contributed by atoms with Crippen molar-refractivity contribution >= 4 is 5.69 Å². The van der Waals surface area contributed by atoms with Crippen LogP contribution in [0.1, 0.15) is 51.0 Å². The van der Waals surface area contributed by atoms with Gasteiger partial charge in [0.1, 0.15) is 11.4 Å². The molecule has 0 unspecified atom stereocenters. The van der Waals surface area contributed by atoms with Crippen molar-refractivity contribution < 1.29 is 5.11 Å². The fraction of sp³-hybridized carbons (Fsp3) is 0.500.